The molecule has 0 spiro atoms. The fourth-order valence-electron chi connectivity index (χ4n) is 5.93. The second-order valence-electron chi connectivity index (χ2n) is 11.9. The number of pyridine rings is 2. The van der Waals surface area contributed by atoms with Crippen molar-refractivity contribution < 1.29 is 14.0 Å². The number of benzene rings is 1. The lowest BCUT2D eigenvalue weighted by Crippen LogP contribution is -2.47. The molecule has 0 unspecified atom stereocenters. The van der Waals surface area contributed by atoms with Crippen molar-refractivity contribution in [2.75, 3.05) is 36.5 Å². The number of aromatic nitrogens is 2. The molecule has 1 aliphatic rings. The van der Waals surface area contributed by atoms with E-state index in [1.165, 1.54) is 0 Å². The van der Waals surface area contributed by atoms with E-state index in [0.29, 0.717) is 30.6 Å². The van der Waals surface area contributed by atoms with E-state index in [1.807, 2.05) is 45.0 Å². The minimum Gasteiger partial charge on any atom is -0.461 e. The molecule has 0 fully saturated rings. The number of hydrogen-bond donors (Lipinski definition) is 0. The van der Waals surface area contributed by atoms with Crippen LogP contribution in [-0.4, -0.2) is 52.9 Å². The summed E-state index contributed by atoms with van der Waals surface area (Å²) in [6, 6.07) is 13.8. The smallest absolute Gasteiger partial charge is 0.261 e. The fourth-order valence-corrected chi connectivity index (χ4v) is 5.93. The molecule has 0 N–H and O–H groups in total. The van der Waals surface area contributed by atoms with Crippen molar-refractivity contribution in [3.63, 3.8) is 0 Å². The van der Waals surface area contributed by atoms with Gasteiger partial charge in [0.05, 0.1) is 16.8 Å². The van der Waals surface area contributed by atoms with Gasteiger partial charge in [0.25, 0.3) is 5.56 Å². The maximum absolute atomic E-state index is 13.2. The number of furan rings is 1. The number of fused-ring (bicyclic) bond motifs is 2. The Hall–Kier alpha value is -4.24. The normalized spacial score (nSPS) is 15.0. The lowest BCUT2D eigenvalue weighted by Gasteiger charge is -2.27. The Balaban J connectivity index is 1.32. The first-order chi connectivity index (χ1) is 20.5. The number of aryl methyl sites for hydroxylation is 3. The van der Waals surface area contributed by atoms with Gasteiger partial charge in [0.1, 0.15) is 16.8 Å². The average molecular weight is 584 g/mol. The molecule has 0 radical (unpaired) electrons. The van der Waals surface area contributed by atoms with Crippen LogP contribution in [0.2, 0.25) is 0 Å². The first-order valence-electron chi connectivity index (χ1n) is 15.0. The van der Waals surface area contributed by atoms with Crippen LogP contribution in [0.4, 0.5) is 11.4 Å². The van der Waals surface area contributed by atoms with Gasteiger partial charge in [0.15, 0.2) is 0 Å². The number of anilines is 2. The fraction of sp³-hybridized carbons (Fsp3) is 0.412. The predicted molar refractivity (Wildman–Crippen MR) is 169 cm³/mol. The van der Waals surface area contributed by atoms with Crippen molar-refractivity contribution in [1.29, 1.82) is 0 Å². The van der Waals surface area contributed by atoms with Gasteiger partial charge in [0.2, 0.25) is 11.8 Å². The second-order valence-corrected chi connectivity index (χ2v) is 11.9. The molecule has 0 aliphatic carbocycles. The molecule has 0 atom stereocenters. The quantitative estimate of drug-likeness (QED) is 0.241. The summed E-state index contributed by atoms with van der Waals surface area (Å²) >= 11 is 0. The summed E-state index contributed by atoms with van der Waals surface area (Å²) < 4.78 is 7.38. The van der Waals surface area contributed by atoms with Crippen molar-refractivity contribution in [2.45, 2.75) is 60.5 Å². The molecule has 4 heterocycles. The molecular formula is C34H41N5O4. The Bertz CT molecular complexity index is 1720. The van der Waals surface area contributed by atoms with Crippen LogP contribution in [0.25, 0.3) is 11.0 Å². The van der Waals surface area contributed by atoms with E-state index in [9.17, 15) is 14.4 Å². The van der Waals surface area contributed by atoms with Gasteiger partial charge in [-0.05, 0) is 95.5 Å². The molecule has 226 valence electrons. The lowest BCUT2D eigenvalue weighted by molar-refractivity contribution is -0.137. The number of hydrogen-bond acceptors (Lipinski definition) is 6. The van der Waals surface area contributed by atoms with Crippen LogP contribution in [0, 0.1) is 19.3 Å². The summed E-state index contributed by atoms with van der Waals surface area (Å²) in [5.41, 5.74) is 4.23. The van der Waals surface area contributed by atoms with Gasteiger partial charge >= 0.3 is 0 Å². The third-order valence-electron chi connectivity index (χ3n) is 8.52. The highest BCUT2D eigenvalue weighted by Gasteiger charge is 2.45. The van der Waals surface area contributed by atoms with Crippen molar-refractivity contribution in [3.05, 3.63) is 87.8 Å². The largest absolute Gasteiger partial charge is 0.461 e. The van der Waals surface area contributed by atoms with E-state index in [-0.39, 0.29) is 17.4 Å². The summed E-state index contributed by atoms with van der Waals surface area (Å²) in [6.45, 7) is 12.5. The predicted octanol–water partition coefficient (Wildman–Crippen LogP) is 5.10. The van der Waals surface area contributed by atoms with Crippen LogP contribution < -0.4 is 15.4 Å². The molecule has 1 aliphatic heterocycles. The number of carbonyl (C=O) groups is 2. The molecule has 1 aromatic carbocycles. The maximum Gasteiger partial charge on any atom is 0.261 e. The monoisotopic (exact) mass is 583 g/mol. The van der Waals surface area contributed by atoms with Crippen molar-refractivity contribution in [1.82, 2.24) is 14.5 Å². The minimum absolute atomic E-state index is 0.0433. The van der Waals surface area contributed by atoms with Crippen molar-refractivity contribution in [2.24, 2.45) is 5.41 Å². The van der Waals surface area contributed by atoms with Crippen LogP contribution in [0.3, 0.4) is 0 Å². The average Bonchev–Trinajstić information content (AvgIpc) is 3.36. The molecule has 43 heavy (non-hydrogen) atoms. The summed E-state index contributed by atoms with van der Waals surface area (Å²) in [5, 5.41) is 0.605. The van der Waals surface area contributed by atoms with Crippen LogP contribution in [0.5, 0.6) is 0 Å². The van der Waals surface area contributed by atoms with Crippen molar-refractivity contribution in [3.8, 4) is 0 Å². The summed E-state index contributed by atoms with van der Waals surface area (Å²) in [6.07, 6.45) is 5.30. The Morgan fingerprint density at radius 2 is 1.77 bits per heavy atom. The Morgan fingerprint density at radius 1 is 0.977 bits per heavy atom. The number of rotatable bonds is 10. The van der Waals surface area contributed by atoms with Gasteiger partial charge in [-0.25, -0.2) is 0 Å². The van der Waals surface area contributed by atoms with Crippen LogP contribution in [0.15, 0.2) is 64.1 Å². The number of nitrogens with zero attached hydrogens (tertiary/aromatic N) is 5. The van der Waals surface area contributed by atoms with Crippen molar-refractivity contribution >= 4 is 34.2 Å². The number of amides is 2. The number of carbonyl (C=O) groups excluding carboxylic acids is 2. The van der Waals surface area contributed by atoms with Gasteiger partial charge in [-0.15, -0.1) is 0 Å². The molecule has 0 bridgehead atoms. The SMILES string of the molecule is CCN1C(=O)C(C)(C)C(=O)N(C)c2cc(CCCN(CCn3ccc4oc(C)cc4c3=O)Cc3cccnc3C)ccc21. The molecule has 2 amide bonds. The molecule has 9 heteroatoms. The van der Waals surface area contributed by atoms with E-state index in [0.717, 1.165) is 59.9 Å². The molecule has 5 rings (SSSR count). The van der Waals surface area contributed by atoms with Gasteiger partial charge in [-0.3, -0.25) is 24.3 Å². The molecule has 3 aromatic heterocycles. The van der Waals surface area contributed by atoms with Gasteiger partial charge in [-0.2, -0.15) is 0 Å². The van der Waals surface area contributed by atoms with Crippen LogP contribution in [0.1, 0.15) is 49.8 Å². The third-order valence-corrected chi connectivity index (χ3v) is 8.52. The molecule has 0 saturated heterocycles. The van der Waals surface area contributed by atoms with Gasteiger partial charge in [-0.1, -0.05) is 12.1 Å². The third kappa shape index (κ3) is 5.99. The Labute approximate surface area is 252 Å². The Kier molecular flexibility index (Phi) is 8.55. The topological polar surface area (TPSA) is 91.9 Å². The van der Waals surface area contributed by atoms with E-state index in [1.54, 1.807) is 53.7 Å². The van der Waals surface area contributed by atoms with Gasteiger partial charge < -0.3 is 18.8 Å². The summed E-state index contributed by atoms with van der Waals surface area (Å²) in [4.78, 5) is 49.7. The molecule has 4 aromatic rings. The maximum atomic E-state index is 13.2. The first-order valence-corrected chi connectivity index (χ1v) is 15.0. The van der Waals surface area contributed by atoms with E-state index in [4.69, 9.17) is 4.42 Å². The molecular weight excluding hydrogens is 542 g/mol. The molecule has 0 saturated carbocycles. The highest BCUT2D eigenvalue weighted by Crippen LogP contribution is 2.39. The van der Waals surface area contributed by atoms with E-state index < -0.39 is 5.41 Å². The van der Waals surface area contributed by atoms with Crippen LogP contribution >= 0.6 is 0 Å². The second kappa shape index (κ2) is 12.2. The lowest BCUT2D eigenvalue weighted by atomic mass is 9.90. The summed E-state index contributed by atoms with van der Waals surface area (Å²) in [7, 11) is 1.75. The first kappa shape index (κ1) is 30.2. The van der Waals surface area contributed by atoms with Gasteiger partial charge in [0, 0.05) is 51.3 Å². The highest BCUT2D eigenvalue weighted by molar-refractivity contribution is 6.19. The van der Waals surface area contributed by atoms with E-state index >= 15 is 0 Å². The summed E-state index contributed by atoms with van der Waals surface area (Å²) in [5.74, 6) is 0.342. The van der Waals surface area contributed by atoms with E-state index in [2.05, 4.69) is 22.0 Å². The zero-order valence-corrected chi connectivity index (χ0v) is 26.0. The highest BCUT2D eigenvalue weighted by atomic mass is 16.3. The van der Waals surface area contributed by atoms with Crippen LogP contribution in [-0.2, 0) is 29.1 Å². The minimum atomic E-state index is -1.13. The zero-order valence-electron chi connectivity index (χ0n) is 26.0. The zero-order chi connectivity index (χ0) is 30.9. The molecule has 9 nitrogen and oxygen atoms in total. The Morgan fingerprint density at radius 3 is 2.51 bits per heavy atom. The standard InChI is InChI=1S/C34H41N5O4/c1-7-39-28-13-12-25(21-29(28)36(6)32(41)34(4,5)33(39)42)10-9-16-37(22-26-11-8-15-35-24(26)3)18-19-38-17-14-30-27(31(38)40)20-23(2)43-30/h8,11-15,17,20-21H,7,9-10,16,18-19,22H2,1-6H3.